The van der Waals surface area contributed by atoms with Crippen LogP contribution < -0.4 is 5.32 Å². The second kappa shape index (κ2) is 6.05. The number of carbonyl (C=O) groups is 1. The molecule has 0 atom stereocenters. The molecule has 0 aliphatic carbocycles. The van der Waals surface area contributed by atoms with Gasteiger partial charge in [-0.25, -0.2) is 0 Å². The first-order chi connectivity index (χ1) is 9.02. The topological polar surface area (TPSA) is 54.9 Å². The molecular weight excluding hydrogens is 329 g/mol. The molecule has 0 saturated carbocycles. The van der Waals surface area contributed by atoms with Crippen molar-refractivity contribution in [1.29, 1.82) is 0 Å². The second-order valence-electron chi connectivity index (χ2n) is 3.53. The molecule has 1 amide bonds. The predicted molar refractivity (Wildman–Crippen MR) is 78.7 cm³/mol. The molecule has 1 aromatic heterocycles. The largest absolute Gasteiger partial charge is 0.296 e. The highest BCUT2D eigenvalue weighted by molar-refractivity contribution is 7.15. The lowest BCUT2D eigenvalue weighted by Crippen LogP contribution is -2.13. The Bertz CT molecular complexity index is 630. The van der Waals surface area contributed by atoms with Gasteiger partial charge in [0.1, 0.15) is 5.01 Å². The van der Waals surface area contributed by atoms with Crippen molar-refractivity contribution in [2.75, 3.05) is 5.32 Å². The van der Waals surface area contributed by atoms with Gasteiger partial charge in [0.05, 0.1) is 20.6 Å². The van der Waals surface area contributed by atoms with Crippen LogP contribution in [0, 0.1) is 0 Å². The minimum Gasteiger partial charge on any atom is -0.296 e. The molecule has 0 saturated heterocycles. The lowest BCUT2D eigenvalue weighted by Gasteiger charge is -2.07. The van der Waals surface area contributed by atoms with Gasteiger partial charge in [0.25, 0.3) is 5.91 Å². The summed E-state index contributed by atoms with van der Waals surface area (Å²) in [5, 5.41) is 12.2. The van der Waals surface area contributed by atoms with Crippen LogP contribution in [0.5, 0.6) is 0 Å². The number of halogens is 3. The SMILES string of the molecule is CCc1nnc(NC(=O)c2c(Cl)ccc(Cl)c2Cl)s1. The number of nitrogens with zero attached hydrogens (tertiary/aromatic N) is 2. The monoisotopic (exact) mass is 335 g/mol. The number of aryl methyl sites for hydroxylation is 1. The highest BCUT2D eigenvalue weighted by atomic mass is 35.5. The van der Waals surface area contributed by atoms with Crippen molar-refractivity contribution in [2.45, 2.75) is 13.3 Å². The highest BCUT2D eigenvalue weighted by Gasteiger charge is 2.18. The second-order valence-corrected chi connectivity index (χ2v) is 5.78. The Morgan fingerprint density at radius 2 is 1.95 bits per heavy atom. The molecule has 2 aromatic rings. The van der Waals surface area contributed by atoms with E-state index in [1.165, 1.54) is 23.5 Å². The molecule has 0 aliphatic rings. The van der Waals surface area contributed by atoms with Crippen molar-refractivity contribution in [3.8, 4) is 0 Å². The van der Waals surface area contributed by atoms with Crippen molar-refractivity contribution >= 4 is 57.2 Å². The first-order valence-electron chi connectivity index (χ1n) is 5.30. The van der Waals surface area contributed by atoms with Crippen molar-refractivity contribution in [3.63, 3.8) is 0 Å². The fourth-order valence-electron chi connectivity index (χ4n) is 1.34. The zero-order chi connectivity index (χ0) is 14.0. The lowest BCUT2D eigenvalue weighted by molar-refractivity contribution is 0.102. The molecule has 0 fully saturated rings. The number of amides is 1. The maximum atomic E-state index is 12.1. The van der Waals surface area contributed by atoms with Crippen molar-refractivity contribution < 1.29 is 4.79 Å². The van der Waals surface area contributed by atoms with E-state index in [4.69, 9.17) is 34.8 Å². The van der Waals surface area contributed by atoms with E-state index >= 15 is 0 Å². The smallest absolute Gasteiger partial charge is 0.260 e. The number of hydrogen-bond acceptors (Lipinski definition) is 4. The molecular formula is C11H8Cl3N3OS. The zero-order valence-corrected chi connectivity index (χ0v) is 12.8. The van der Waals surface area contributed by atoms with Gasteiger partial charge in [-0.15, -0.1) is 10.2 Å². The average molecular weight is 337 g/mol. The summed E-state index contributed by atoms with van der Waals surface area (Å²) in [4.78, 5) is 12.1. The summed E-state index contributed by atoms with van der Waals surface area (Å²) in [7, 11) is 0. The van der Waals surface area contributed by atoms with Gasteiger partial charge in [-0.3, -0.25) is 10.1 Å². The standard InChI is InChI=1S/C11H8Cl3N3OS/c1-2-7-16-17-11(19-7)15-10(18)8-5(12)3-4-6(13)9(8)14/h3-4H,2H2,1H3,(H,15,17,18). The van der Waals surface area contributed by atoms with Gasteiger partial charge in [-0.2, -0.15) is 0 Å². The van der Waals surface area contributed by atoms with E-state index in [-0.39, 0.29) is 20.6 Å². The Morgan fingerprint density at radius 3 is 2.58 bits per heavy atom. The van der Waals surface area contributed by atoms with E-state index in [1.54, 1.807) is 0 Å². The molecule has 1 heterocycles. The number of nitrogens with one attached hydrogen (secondary N) is 1. The van der Waals surface area contributed by atoms with Gasteiger partial charge in [0.15, 0.2) is 0 Å². The van der Waals surface area contributed by atoms with Crippen LogP contribution in [0.15, 0.2) is 12.1 Å². The minimum atomic E-state index is -0.462. The fourth-order valence-corrected chi connectivity index (χ4v) is 2.72. The molecule has 1 N–H and O–H groups in total. The van der Waals surface area contributed by atoms with Crippen LogP contribution >= 0.6 is 46.1 Å². The van der Waals surface area contributed by atoms with E-state index in [0.29, 0.717) is 5.13 Å². The molecule has 2 rings (SSSR count). The van der Waals surface area contributed by atoms with E-state index in [2.05, 4.69) is 15.5 Å². The summed E-state index contributed by atoms with van der Waals surface area (Å²) in [5.41, 5.74) is 0.129. The number of carbonyl (C=O) groups excluding carboxylic acids is 1. The maximum Gasteiger partial charge on any atom is 0.260 e. The molecule has 0 bridgehead atoms. The normalized spacial score (nSPS) is 10.5. The van der Waals surface area contributed by atoms with Crippen molar-refractivity contribution in [1.82, 2.24) is 10.2 Å². The number of rotatable bonds is 3. The summed E-state index contributed by atoms with van der Waals surface area (Å²) in [5.74, 6) is -0.462. The van der Waals surface area contributed by atoms with Crippen LogP contribution in [0.3, 0.4) is 0 Å². The quantitative estimate of drug-likeness (QED) is 0.850. The summed E-state index contributed by atoms with van der Waals surface area (Å²) in [6, 6.07) is 3.05. The Morgan fingerprint density at radius 1 is 1.26 bits per heavy atom. The molecule has 0 aliphatic heterocycles. The Balaban J connectivity index is 2.27. The van der Waals surface area contributed by atoms with E-state index < -0.39 is 5.91 Å². The molecule has 0 radical (unpaired) electrons. The van der Waals surface area contributed by atoms with E-state index in [0.717, 1.165) is 11.4 Å². The van der Waals surface area contributed by atoms with Crippen LogP contribution in [0.25, 0.3) is 0 Å². The fraction of sp³-hybridized carbons (Fsp3) is 0.182. The molecule has 19 heavy (non-hydrogen) atoms. The lowest BCUT2D eigenvalue weighted by atomic mass is 10.2. The van der Waals surface area contributed by atoms with Gasteiger partial charge in [0, 0.05) is 0 Å². The molecule has 1 aromatic carbocycles. The highest BCUT2D eigenvalue weighted by Crippen LogP contribution is 2.32. The predicted octanol–water partition coefficient (Wildman–Crippen LogP) is 4.31. The number of aromatic nitrogens is 2. The molecule has 4 nitrogen and oxygen atoms in total. The molecule has 8 heteroatoms. The van der Waals surface area contributed by atoms with Gasteiger partial charge in [-0.05, 0) is 18.6 Å². The summed E-state index contributed by atoms with van der Waals surface area (Å²) >= 11 is 19.1. The van der Waals surface area contributed by atoms with Gasteiger partial charge in [-0.1, -0.05) is 53.1 Å². The number of hydrogen-bond donors (Lipinski definition) is 1. The Kier molecular flexibility index (Phi) is 4.62. The first kappa shape index (κ1) is 14.5. The molecule has 0 spiro atoms. The van der Waals surface area contributed by atoms with Crippen LogP contribution in [-0.2, 0) is 6.42 Å². The first-order valence-corrected chi connectivity index (χ1v) is 7.25. The number of benzene rings is 1. The van der Waals surface area contributed by atoms with E-state index in [9.17, 15) is 4.79 Å². The average Bonchev–Trinajstić information content (AvgIpc) is 2.82. The third-order valence-corrected chi connectivity index (χ3v) is 4.36. The summed E-state index contributed by atoms with van der Waals surface area (Å²) in [6.07, 6.45) is 0.756. The maximum absolute atomic E-state index is 12.1. The van der Waals surface area contributed by atoms with Gasteiger partial charge < -0.3 is 0 Å². The van der Waals surface area contributed by atoms with Crippen molar-refractivity contribution in [3.05, 3.63) is 37.8 Å². The third-order valence-electron chi connectivity index (χ3n) is 2.26. The van der Waals surface area contributed by atoms with Crippen LogP contribution in [-0.4, -0.2) is 16.1 Å². The third kappa shape index (κ3) is 3.17. The van der Waals surface area contributed by atoms with E-state index in [1.807, 2.05) is 6.92 Å². The number of anilines is 1. The van der Waals surface area contributed by atoms with Gasteiger partial charge >= 0.3 is 0 Å². The Hall–Kier alpha value is -0.880. The molecule has 100 valence electrons. The minimum absolute atomic E-state index is 0.117. The summed E-state index contributed by atoms with van der Waals surface area (Å²) < 4.78 is 0. The zero-order valence-electron chi connectivity index (χ0n) is 9.71. The Labute approximate surface area is 128 Å². The van der Waals surface area contributed by atoms with Crippen LogP contribution in [0.2, 0.25) is 15.1 Å². The van der Waals surface area contributed by atoms with Crippen LogP contribution in [0.4, 0.5) is 5.13 Å². The summed E-state index contributed by atoms with van der Waals surface area (Å²) in [6.45, 7) is 1.96. The van der Waals surface area contributed by atoms with Gasteiger partial charge in [0.2, 0.25) is 5.13 Å². The van der Waals surface area contributed by atoms with Crippen LogP contribution in [0.1, 0.15) is 22.3 Å². The molecule has 0 unspecified atom stereocenters. The van der Waals surface area contributed by atoms with Crippen molar-refractivity contribution in [2.24, 2.45) is 0 Å².